The maximum absolute atomic E-state index is 11.6. The Kier molecular flexibility index (Phi) is 6.61. The molecule has 0 aromatic heterocycles. The van der Waals surface area contributed by atoms with E-state index in [1.807, 2.05) is 0 Å². The van der Waals surface area contributed by atoms with Gasteiger partial charge in [0.15, 0.2) is 0 Å². The van der Waals surface area contributed by atoms with Gasteiger partial charge in [-0.25, -0.2) is 0 Å². The van der Waals surface area contributed by atoms with Gasteiger partial charge in [0.25, 0.3) is 0 Å². The molecule has 0 saturated carbocycles. The maximum atomic E-state index is 11.6. The first-order valence-electron chi connectivity index (χ1n) is 9.07. The van der Waals surface area contributed by atoms with E-state index in [0.717, 1.165) is 32.4 Å². The van der Waals surface area contributed by atoms with Crippen LogP contribution >= 0.6 is 0 Å². The first-order valence-corrected chi connectivity index (χ1v) is 9.07. The van der Waals surface area contributed by atoms with Crippen molar-refractivity contribution in [2.45, 2.75) is 59.0 Å². The normalized spacial score (nSPS) is 24.5. The summed E-state index contributed by atoms with van der Waals surface area (Å²) in [5.41, 5.74) is 2.88. The van der Waals surface area contributed by atoms with E-state index in [2.05, 4.69) is 62.1 Å². The second kappa shape index (κ2) is 8.48. The summed E-state index contributed by atoms with van der Waals surface area (Å²) in [6.07, 6.45) is 5.95. The van der Waals surface area contributed by atoms with Crippen LogP contribution in [0.2, 0.25) is 0 Å². The summed E-state index contributed by atoms with van der Waals surface area (Å²) in [6, 6.07) is 11.2. The van der Waals surface area contributed by atoms with Gasteiger partial charge in [-0.1, -0.05) is 62.8 Å². The second-order valence-electron chi connectivity index (χ2n) is 7.12. The van der Waals surface area contributed by atoms with Gasteiger partial charge in [0, 0.05) is 25.6 Å². The van der Waals surface area contributed by atoms with Crippen molar-refractivity contribution in [3.05, 3.63) is 47.5 Å². The number of benzene rings is 1. The lowest BCUT2D eigenvalue weighted by Gasteiger charge is -2.44. The molecule has 0 saturated heterocycles. The monoisotopic (exact) mass is 329 g/mol. The molecule has 3 heteroatoms. The molecular weight excluding hydrogens is 298 g/mol. The highest BCUT2D eigenvalue weighted by molar-refractivity contribution is 5.69. The van der Waals surface area contributed by atoms with Crippen LogP contribution in [0, 0.1) is 5.41 Å². The zero-order valence-electron chi connectivity index (χ0n) is 15.5. The molecule has 1 aliphatic rings. The summed E-state index contributed by atoms with van der Waals surface area (Å²) in [4.78, 5) is 14.2. The molecule has 0 amide bonds. The Balaban J connectivity index is 2.20. The van der Waals surface area contributed by atoms with E-state index >= 15 is 0 Å². The number of hydrogen-bond donors (Lipinski definition) is 0. The lowest BCUT2D eigenvalue weighted by molar-refractivity contribution is -0.141. The minimum atomic E-state index is -0.116. The highest BCUT2D eigenvalue weighted by atomic mass is 16.5. The number of ether oxygens (including phenoxy) is 1. The van der Waals surface area contributed by atoms with Crippen molar-refractivity contribution < 1.29 is 9.53 Å². The SMILES string of the molecule is CCC1=C[C@@](C)(CCC(=O)OC)CN(Cc2ccccc2)[C@H]1CC. The summed E-state index contributed by atoms with van der Waals surface area (Å²) in [7, 11) is 1.47. The zero-order chi connectivity index (χ0) is 17.6. The molecule has 0 bridgehead atoms. The van der Waals surface area contributed by atoms with E-state index in [-0.39, 0.29) is 11.4 Å². The van der Waals surface area contributed by atoms with Gasteiger partial charge in [0.05, 0.1) is 7.11 Å². The molecule has 0 N–H and O–H groups in total. The highest BCUT2D eigenvalue weighted by Crippen LogP contribution is 2.37. The van der Waals surface area contributed by atoms with Crippen molar-refractivity contribution in [2.75, 3.05) is 13.7 Å². The third kappa shape index (κ3) is 4.70. The van der Waals surface area contributed by atoms with Crippen LogP contribution < -0.4 is 0 Å². The molecular formula is C21H31NO2. The molecule has 0 radical (unpaired) electrons. The quantitative estimate of drug-likeness (QED) is 0.542. The van der Waals surface area contributed by atoms with Crippen LogP contribution in [-0.4, -0.2) is 30.6 Å². The molecule has 0 spiro atoms. The van der Waals surface area contributed by atoms with E-state index in [9.17, 15) is 4.79 Å². The van der Waals surface area contributed by atoms with Gasteiger partial charge >= 0.3 is 5.97 Å². The van der Waals surface area contributed by atoms with Crippen molar-refractivity contribution in [3.8, 4) is 0 Å². The smallest absolute Gasteiger partial charge is 0.305 e. The molecule has 0 fully saturated rings. The number of carbonyl (C=O) groups excluding carboxylic acids is 1. The molecule has 132 valence electrons. The van der Waals surface area contributed by atoms with Crippen LogP contribution in [-0.2, 0) is 16.1 Å². The van der Waals surface area contributed by atoms with Crippen LogP contribution in [0.5, 0.6) is 0 Å². The highest BCUT2D eigenvalue weighted by Gasteiger charge is 2.35. The summed E-state index contributed by atoms with van der Waals surface area (Å²) < 4.78 is 4.83. The zero-order valence-corrected chi connectivity index (χ0v) is 15.5. The van der Waals surface area contributed by atoms with Gasteiger partial charge < -0.3 is 4.74 Å². The van der Waals surface area contributed by atoms with Crippen LogP contribution in [0.4, 0.5) is 0 Å². The minimum Gasteiger partial charge on any atom is -0.469 e. The number of esters is 1. The van der Waals surface area contributed by atoms with Gasteiger partial charge in [-0.3, -0.25) is 9.69 Å². The number of nitrogens with zero attached hydrogens (tertiary/aromatic N) is 1. The lowest BCUT2D eigenvalue weighted by Crippen LogP contribution is -2.46. The van der Waals surface area contributed by atoms with Crippen molar-refractivity contribution >= 4 is 5.97 Å². The van der Waals surface area contributed by atoms with Crippen LogP contribution in [0.15, 0.2) is 42.0 Å². The van der Waals surface area contributed by atoms with E-state index in [0.29, 0.717) is 12.5 Å². The fraction of sp³-hybridized carbons (Fsp3) is 0.571. The lowest BCUT2D eigenvalue weighted by atomic mass is 9.77. The minimum absolute atomic E-state index is 0.0278. The van der Waals surface area contributed by atoms with Gasteiger partial charge in [-0.15, -0.1) is 0 Å². The van der Waals surface area contributed by atoms with Crippen molar-refractivity contribution in [1.82, 2.24) is 4.90 Å². The van der Waals surface area contributed by atoms with E-state index in [4.69, 9.17) is 4.74 Å². The van der Waals surface area contributed by atoms with Gasteiger partial charge in [0.1, 0.15) is 0 Å². The fourth-order valence-corrected chi connectivity index (χ4v) is 3.88. The maximum Gasteiger partial charge on any atom is 0.305 e. The standard InChI is InChI=1S/C21H31NO2/c1-5-18-14-21(3,13-12-20(23)24-4)16-22(19(18)6-2)15-17-10-8-7-9-11-17/h7-11,14,19H,5-6,12-13,15-16H2,1-4H3/t19-,21+/m0/s1. The van der Waals surface area contributed by atoms with Gasteiger partial charge in [0.2, 0.25) is 0 Å². The van der Waals surface area contributed by atoms with Crippen LogP contribution in [0.3, 0.4) is 0 Å². The van der Waals surface area contributed by atoms with Crippen molar-refractivity contribution in [1.29, 1.82) is 0 Å². The molecule has 1 heterocycles. The van der Waals surface area contributed by atoms with E-state index in [1.54, 1.807) is 0 Å². The number of hydrogen-bond acceptors (Lipinski definition) is 3. The molecule has 1 aliphatic heterocycles. The summed E-state index contributed by atoms with van der Waals surface area (Å²) in [6.45, 7) is 8.73. The predicted molar refractivity (Wildman–Crippen MR) is 98.7 cm³/mol. The van der Waals surface area contributed by atoms with Crippen LogP contribution in [0.1, 0.15) is 52.0 Å². The molecule has 1 aromatic rings. The van der Waals surface area contributed by atoms with Gasteiger partial charge in [-0.2, -0.15) is 0 Å². The molecule has 1 aromatic carbocycles. The molecule has 3 nitrogen and oxygen atoms in total. The largest absolute Gasteiger partial charge is 0.469 e. The Hall–Kier alpha value is -1.61. The van der Waals surface area contributed by atoms with Crippen LogP contribution in [0.25, 0.3) is 0 Å². The Morgan fingerprint density at radius 3 is 2.58 bits per heavy atom. The Morgan fingerprint density at radius 1 is 1.29 bits per heavy atom. The predicted octanol–water partition coefficient (Wildman–Crippen LogP) is 4.58. The molecule has 2 rings (SSSR count). The third-order valence-electron chi connectivity index (χ3n) is 5.12. The van der Waals surface area contributed by atoms with Crippen molar-refractivity contribution in [2.24, 2.45) is 5.41 Å². The average molecular weight is 329 g/mol. The Bertz CT molecular complexity index is 566. The summed E-state index contributed by atoms with van der Waals surface area (Å²) in [5.74, 6) is -0.116. The number of rotatable bonds is 7. The summed E-state index contributed by atoms with van der Waals surface area (Å²) >= 11 is 0. The molecule has 2 atom stereocenters. The van der Waals surface area contributed by atoms with Gasteiger partial charge in [-0.05, 0) is 30.2 Å². The molecule has 24 heavy (non-hydrogen) atoms. The van der Waals surface area contributed by atoms with E-state index in [1.165, 1.54) is 18.2 Å². The number of methoxy groups -OCH3 is 1. The fourth-order valence-electron chi connectivity index (χ4n) is 3.88. The molecule has 0 aliphatic carbocycles. The molecule has 0 unspecified atom stereocenters. The van der Waals surface area contributed by atoms with E-state index < -0.39 is 0 Å². The second-order valence-corrected chi connectivity index (χ2v) is 7.12. The number of carbonyl (C=O) groups is 1. The average Bonchev–Trinajstić information content (AvgIpc) is 2.60. The first-order chi connectivity index (χ1) is 11.5. The van der Waals surface area contributed by atoms with Crippen molar-refractivity contribution in [3.63, 3.8) is 0 Å². The first kappa shape index (κ1) is 18.7. The Labute approximate surface area is 146 Å². The Morgan fingerprint density at radius 2 is 2.00 bits per heavy atom. The topological polar surface area (TPSA) is 29.5 Å². The third-order valence-corrected chi connectivity index (χ3v) is 5.12. The summed E-state index contributed by atoms with van der Waals surface area (Å²) in [5, 5.41) is 0.